The minimum absolute atomic E-state index is 0.204. The summed E-state index contributed by atoms with van der Waals surface area (Å²) in [6.45, 7) is 1.23. The Balaban J connectivity index is 1.95. The summed E-state index contributed by atoms with van der Waals surface area (Å²) < 4.78 is 5.18. The van der Waals surface area contributed by atoms with Crippen LogP contribution in [0, 0.1) is 0 Å². The van der Waals surface area contributed by atoms with Crippen LogP contribution in [0.15, 0.2) is 18.2 Å². The molecule has 1 amide bonds. The molecule has 1 heterocycles. The monoisotopic (exact) mass is 303 g/mol. The predicted molar refractivity (Wildman–Crippen MR) is 73.8 cm³/mol. The van der Waals surface area contributed by atoms with Gasteiger partial charge in [0.05, 0.1) is 15.6 Å². The first-order chi connectivity index (χ1) is 9.00. The molecule has 2 N–H and O–H groups in total. The van der Waals surface area contributed by atoms with Gasteiger partial charge in [0.15, 0.2) is 0 Å². The van der Waals surface area contributed by atoms with Crippen LogP contribution in [0.25, 0.3) is 0 Å². The summed E-state index contributed by atoms with van der Waals surface area (Å²) in [4.78, 5) is 11.9. The summed E-state index contributed by atoms with van der Waals surface area (Å²) in [5.41, 5.74) is -0.463. The minimum atomic E-state index is -0.885. The average molecular weight is 304 g/mol. The van der Waals surface area contributed by atoms with Gasteiger partial charge in [0, 0.05) is 38.2 Å². The van der Waals surface area contributed by atoms with Crippen LogP contribution in [0.5, 0.6) is 0 Å². The number of hydrogen-bond acceptors (Lipinski definition) is 3. The summed E-state index contributed by atoms with van der Waals surface area (Å²) in [6, 6.07) is 4.67. The largest absolute Gasteiger partial charge is 0.388 e. The second-order valence-electron chi connectivity index (χ2n) is 4.65. The average Bonchev–Trinajstić information content (AvgIpc) is 2.40. The highest BCUT2D eigenvalue weighted by Gasteiger charge is 2.30. The molecule has 6 heteroatoms. The van der Waals surface area contributed by atoms with Gasteiger partial charge >= 0.3 is 0 Å². The number of carbonyl (C=O) groups is 1. The molecule has 0 radical (unpaired) electrons. The third-order valence-corrected chi connectivity index (χ3v) is 3.92. The van der Waals surface area contributed by atoms with E-state index in [1.54, 1.807) is 12.1 Å². The molecule has 1 saturated heterocycles. The first-order valence-corrected chi connectivity index (χ1v) is 6.79. The molecule has 0 saturated carbocycles. The van der Waals surface area contributed by atoms with Gasteiger partial charge in [-0.1, -0.05) is 23.2 Å². The van der Waals surface area contributed by atoms with Gasteiger partial charge in [-0.15, -0.1) is 0 Å². The smallest absolute Gasteiger partial charge is 0.251 e. The molecule has 1 aromatic carbocycles. The van der Waals surface area contributed by atoms with Gasteiger partial charge in [-0.3, -0.25) is 4.79 Å². The fraction of sp³-hybridized carbons (Fsp3) is 0.462. The lowest BCUT2D eigenvalue weighted by atomic mass is 9.94. The number of amides is 1. The maximum Gasteiger partial charge on any atom is 0.251 e. The number of benzene rings is 1. The van der Waals surface area contributed by atoms with Crippen molar-refractivity contribution in [1.29, 1.82) is 0 Å². The van der Waals surface area contributed by atoms with Gasteiger partial charge in [0.25, 0.3) is 5.91 Å². The number of carbonyl (C=O) groups excluding carboxylic acids is 1. The molecule has 0 aromatic heterocycles. The van der Waals surface area contributed by atoms with Crippen LogP contribution in [0.2, 0.25) is 10.0 Å². The van der Waals surface area contributed by atoms with Crippen molar-refractivity contribution in [2.45, 2.75) is 18.4 Å². The van der Waals surface area contributed by atoms with E-state index in [1.807, 2.05) is 0 Å². The molecule has 0 spiro atoms. The van der Waals surface area contributed by atoms with Crippen LogP contribution in [-0.4, -0.2) is 36.4 Å². The molecular weight excluding hydrogens is 289 g/mol. The molecule has 0 aliphatic carbocycles. The van der Waals surface area contributed by atoms with E-state index in [4.69, 9.17) is 27.9 Å². The molecule has 1 aliphatic rings. The van der Waals surface area contributed by atoms with Gasteiger partial charge in [0.1, 0.15) is 0 Å². The molecule has 0 bridgehead atoms. The standard InChI is InChI=1S/C13H15Cl2NO3/c14-10-2-1-9(7-11(10)15)12(17)16-8-13(18)3-5-19-6-4-13/h1-2,7,18H,3-6,8H2,(H,16,17). The van der Waals surface area contributed by atoms with Crippen molar-refractivity contribution in [1.82, 2.24) is 5.32 Å². The van der Waals surface area contributed by atoms with Crippen molar-refractivity contribution in [3.63, 3.8) is 0 Å². The highest BCUT2D eigenvalue weighted by Crippen LogP contribution is 2.23. The summed E-state index contributed by atoms with van der Waals surface area (Å²) in [5, 5.41) is 13.7. The molecule has 1 aliphatic heterocycles. The normalized spacial score (nSPS) is 18.1. The Morgan fingerprint density at radius 1 is 1.32 bits per heavy atom. The quantitative estimate of drug-likeness (QED) is 0.900. The molecule has 0 atom stereocenters. The van der Waals surface area contributed by atoms with E-state index in [0.29, 0.717) is 41.7 Å². The van der Waals surface area contributed by atoms with Crippen LogP contribution >= 0.6 is 23.2 Å². The zero-order valence-corrected chi connectivity index (χ0v) is 11.8. The van der Waals surface area contributed by atoms with Crippen LogP contribution in [-0.2, 0) is 4.74 Å². The number of ether oxygens (including phenoxy) is 1. The maximum absolute atomic E-state index is 11.9. The number of aliphatic hydroxyl groups is 1. The van der Waals surface area contributed by atoms with Crippen molar-refractivity contribution in [3.8, 4) is 0 Å². The van der Waals surface area contributed by atoms with Crippen LogP contribution in [0.4, 0.5) is 0 Å². The van der Waals surface area contributed by atoms with E-state index in [-0.39, 0.29) is 12.5 Å². The first-order valence-electron chi connectivity index (χ1n) is 6.04. The fourth-order valence-electron chi connectivity index (χ4n) is 1.91. The van der Waals surface area contributed by atoms with Crippen LogP contribution in [0.3, 0.4) is 0 Å². The topological polar surface area (TPSA) is 58.6 Å². The van der Waals surface area contributed by atoms with Crippen LogP contribution < -0.4 is 5.32 Å². The summed E-state index contributed by atoms with van der Waals surface area (Å²) in [5.74, 6) is -0.279. The Bertz CT molecular complexity index is 473. The minimum Gasteiger partial charge on any atom is -0.388 e. The van der Waals surface area contributed by atoms with Crippen LogP contribution in [0.1, 0.15) is 23.2 Å². The molecular formula is C13H15Cl2NO3. The fourth-order valence-corrected chi connectivity index (χ4v) is 2.21. The Hall–Kier alpha value is -0.810. The van der Waals surface area contributed by atoms with Crippen molar-refractivity contribution < 1.29 is 14.6 Å². The third kappa shape index (κ3) is 3.83. The SMILES string of the molecule is O=C(NCC1(O)CCOCC1)c1ccc(Cl)c(Cl)c1. The Morgan fingerprint density at radius 2 is 2.00 bits per heavy atom. The molecule has 19 heavy (non-hydrogen) atoms. The predicted octanol–water partition coefficient (Wildman–Crippen LogP) is 2.26. The van der Waals surface area contributed by atoms with Gasteiger partial charge in [-0.25, -0.2) is 0 Å². The Kier molecular flexibility index (Phi) is 4.68. The molecule has 104 valence electrons. The molecule has 0 unspecified atom stereocenters. The number of hydrogen-bond donors (Lipinski definition) is 2. The zero-order chi connectivity index (χ0) is 13.9. The zero-order valence-electron chi connectivity index (χ0n) is 10.3. The Labute approximate surface area is 121 Å². The summed E-state index contributed by atoms with van der Waals surface area (Å²) in [6.07, 6.45) is 1.04. The van der Waals surface area contributed by atoms with Crippen molar-refractivity contribution >= 4 is 29.1 Å². The van der Waals surface area contributed by atoms with Gasteiger partial charge in [-0.05, 0) is 18.2 Å². The highest BCUT2D eigenvalue weighted by molar-refractivity contribution is 6.42. The number of halogens is 2. The second-order valence-corrected chi connectivity index (χ2v) is 5.46. The summed E-state index contributed by atoms with van der Waals surface area (Å²) >= 11 is 11.6. The Morgan fingerprint density at radius 3 is 2.63 bits per heavy atom. The lowest BCUT2D eigenvalue weighted by Crippen LogP contribution is -2.46. The first kappa shape index (κ1) is 14.6. The van der Waals surface area contributed by atoms with E-state index in [2.05, 4.69) is 5.32 Å². The maximum atomic E-state index is 11.9. The van der Waals surface area contributed by atoms with Gasteiger partial charge < -0.3 is 15.2 Å². The second kappa shape index (κ2) is 6.09. The van der Waals surface area contributed by atoms with E-state index in [9.17, 15) is 9.90 Å². The number of nitrogens with one attached hydrogen (secondary N) is 1. The van der Waals surface area contributed by atoms with Gasteiger partial charge in [0.2, 0.25) is 0 Å². The van der Waals surface area contributed by atoms with Crippen molar-refractivity contribution in [2.75, 3.05) is 19.8 Å². The van der Waals surface area contributed by atoms with Gasteiger partial charge in [-0.2, -0.15) is 0 Å². The van der Waals surface area contributed by atoms with E-state index >= 15 is 0 Å². The van der Waals surface area contributed by atoms with Crippen molar-refractivity contribution in [2.24, 2.45) is 0 Å². The third-order valence-electron chi connectivity index (χ3n) is 3.18. The van der Waals surface area contributed by atoms with E-state index < -0.39 is 5.60 Å². The molecule has 1 aromatic rings. The molecule has 2 rings (SSSR count). The molecule has 4 nitrogen and oxygen atoms in total. The van der Waals surface area contributed by atoms with E-state index in [0.717, 1.165) is 0 Å². The highest BCUT2D eigenvalue weighted by atomic mass is 35.5. The van der Waals surface area contributed by atoms with Crippen molar-refractivity contribution in [3.05, 3.63) is 33.8 Å². The van der Waals surface area contributed by atoms with E-state index in [1.165, 1.54) is 6.07 Å². The lowest BCUT2D eigenvalue weighted by molar-refractivity contribution is -0.0605. The molecule has 1 fully saturated rings. The summed E-state index contributed by atoms with van der Waals surface area (Å²) in [7, 11) is 0. The number of rotatable bonds is 3. The lowest BCUT2D eigenvalue weighted by Gasteiger charge is -2.32.